The van der Waals surface area contributed by atoms with Crippen LogP contribution in [0.3, 0.4) is 0 Å². The van der Waals surface area contributed by atoms with Crippen molar-refractivity contribution in [1.82, 2.24) is 20.2 Å². The highest BCUT2D eigenvalue weighted by atomic mass is 19.1. The summed E-state index contributed by atoms with van der Waals surface area (Å²) in [5.41, 5.74) is 1.32. The molecule has 2 heterocycles. The van der Waals surface area contributed by atoms with Crippen molar-refractivity contribution in [3.05, 3.63) is 53.4 Å². The lowest BCUT2D eigenvalue weighted by Crippen LogP contribution is -2.26. The van der Waals surface area contributed by atoms with E-state index in [2.05, 4.69) is 20.2 Å². The van der Waals surface area contributed by atoms with Gasteiger partial charge in [-0.05, 0) is 37.6 Å². The third kappa shape index (κ3) is 4.16. The largest absolute Gasteiger partial charge is 0.496 e. The Morgan fingerprint density at radius 2 is 2.27 bits per heavy atom. The van der Waals surface area contributed by atoms with Gasteiger partial charge < -0.3 is 10.1 Å². The van der Waals surface area contributed by atoms with E-state index in [4.69, 9.17) is 4.74 Å². The summed E-state index contributed by atoms with van der Waals surface area (Å²) in [5.74, 6) is 0.895. The van der Waals surface area contributed by atoms with Crippen LogP contribution in [-0.4, -0.2) is 34.4 Å². The highest BCUT2D eigenvalue weighted by Crippen LogP contribution is 2.33. The summed E-state index contributed by atoms with van der Waals surface area (Å²) in [5, 5.41) is 2.74. The zero-order valence-electron chi connectivity index (χ0n) is 15.0. The zero-order valence-corrected chi connectivity index (χ0v) is 15.0. The highest BCUT2D eigenvalue weighted by Gasteiger charge is 2.29. The number of carbonyl (C=O) groups excluding carboxylic acids is 1. The Morgan fingerprint density at radius 1 is 1.42 bits per heavy atom. The van der Waals surface area contributed by atoms with E-state index in [9.17, 15) is 9.18 Å². The summed E-state index contributed by atoms with van der Waals surface area (Å²) in [6.45, 7) is 3.14. The minimum absolute atomic E-state index is 0.0246. The Bertz CT molecular complexity index is 784. The van der Waals surface area contributed by atoms with E-state index in [1.807, 2.05) is 0 Å². The standard InChI is InChI=1S/C19H23FN4O2/c1-13(25)22-11-14-8-9-21-19(23-14)17-6-4-10-24(17)12-15-16(20)5-3-7-18(15)26-2/h3,5,7-9,17H,4,6,10-12H2,1-2H3,(H,22,25)/t17-/m1/s1. The SMILES string of the molecule is COc1cccc(F)c1CN1CCC[C@@H]1c1nccc(CNC(C)=O)n1. The molecule has 1 aliphatic rings. The number of aromatic nitrogens is 2. The third-order valence-electron chi connectivity index (χ3n) is 4.57. The third-order valence-corrected chi connectivity index (χ3v) is 4.57. The van der Waals surface area contributed by atoms with Crippen LogP contribution < -0.4 is 10.1 Å². The highest BCUT2D eigenvalue weighted by molar-refractivity contribution is 5.72. The van der Waals surface area contributed by atoms with Gasteiger partial charge in [0.2, 0.25) is 5.91 Å². The Morgan fingerprint density at radius 3 is 3.04 bits per heavy atom. The van der Waals surface area contributed by atoms with Gasteiger partial charge >= 0.3 is 0 Å². The number of nitrogens with one attached hydrogen (secondary N) is 1. The van der Waals surface area contributed by atoms with Crippen LogP contribution in [0.5, 0.6) is 5.75 Å². The monoisotopic (exact) mass is 358 g/mol. The van der Waals surface area contributed by atoms with Crippen LogP contribution in [0.2, 0.25) is 0 Å². The van der Waals surface area contributed by atoms with E-state index < -0.39 is 0 Å². The molecule has 1 N–H and O–H groups in total. The molecule has 2 aromatic rings. The van der Waals surface area contributed by atoms with Crippen LogP contribution >= 0.6 is 0 Å². The molecule has 0 bridgehead atoms. The van der Waals surface area contributed by atoms with Crippen LogP contribution in [0.4, 0.5) is 4.39 Å². The lowest BCUT2D eigenvalue weighted by molar-refractivity contribution is -0.119. The molecule has 1 amide bonds. The Kier molecular flexibility index (Phi) is 5.78. The van der Waals surface area contributed by atoms with Crippen LogP contribution in [-0.2, 0) is 17.9 Å². The molecular formula is C19H23FN4O2. The maximum absolute atomic E-state index is 14.3. The van der Waals surface area contributed by atoms with Gasteiger partial charge in [-0.25, -0.2) is 14.4 Å². The quantitative estimate of drug-likeness (QED) is 0.860. The van der Waals surface area contributed by atoms with Crippen molar-refractivity contribution >= 4 is 5.91 Å². The molecule has 1 aromatic carbocycles. The average molecular weight is 358 g/mol. The molecule has 1 aromatic heterocycles. The topological polar surface area (TPSA) is 67.3 Å². The van der Waals surface area contributed by atoms with Crippen LogP contribution in [0.1, 0.15) is 42.9 Å². The Labute approximate surface area is 152 Å². The number of hydrogen-bond acceptors (Lipinski definition) is 5. The maximum Gasteiger partial charge on any atom is 0.217 e. The molecule has 7 heteroatoms. The van der Waals surface area contributed by atoms with Gasteiger partial charge in [0.15, 0.2) is 0 Å². The smallest absolute Gasteiger partial charge is 0.217 e. The number of amides is 1. The van der Waals surface area contributed by atoms with Gasteiger partial charge in [0.25, 0.3) is 0 Å². The number of methoxy groups -OCH3 is 1. The summed E-state index contributed by atoms with van der Waals surface area (Å²) in [7, 11) is 1.55. The van der Waals surface area contributed by atoms with Gasteiger partial charge in [-0.15, -0.1) is 0 Å². The molecule has 6 nitrogen and oxygen atoms in total. The molecule has 1 atom stereocenters. The van der Waals surface area contributed by atoms with E-state index in [0.29, 0.717) is 30.2 Å². The Hall–Kier alpha value is -2.54. The van der Waals surface area contributed by atoms with E-state index in [0.717, 1.165) is 25.1 Å². The summed E-state index contributed by atoms with van der Waals surface area (Å²) >= 11 is 0. The van der Waals surface area contributed by atoms with Gasteiger partial charge in [-0.3, -0.25) is 9.69 Å². The zero-order chi connectivity index (χ0) is 18.5. The number of hydrogen-bond donors (Lipinski definition) is 1. The molecule has 1 aliphatic heterocycles. The van der Waals surface area contributed by atoms with Crippen LogP contribution in [0, 0.1) is 5.82 Å². The van der Waals surface area contributed by atoms with Crippen molar-refractivity contribution in [2.45, 2.75) is 38.9 Å². The van der Waals surface area contributed by atoms with E-state index in [1.54, 1.807) is 31.5 Å². The molecule has 26 heavy (non-hydrogen) atoms. The second-order valence-corrected chi connectivity index (χ2v) is 6.37. The average Bonchev–Trinajstić information content (AvgIpc) is 3.10. The van der Waals surface area contributed by atoms with Gasteiger partial charge in [-0.1, -0.05) is 6.07 Å². The van der Waals surface area contributed by atoms with Crippen molar-refractivity contribution in [2.75, 3.05) is 13.7 Å². The second-order valence-electron chi connectivity index (χ2n) is 6.37. The normalized spacial score (nSPS) is 17.3. The number of benzene rings is 1. The summed E-state index contributed by atoms with van der Waals surface area (Å²) in [6, 6.07) is 6.69. The lowest BCUT2D eigenvalue weighted by Gasteiger charge is -2.24. The van der Waals surface area contributed by atoms with Gasteiger partial charge in [-0.2, -0.15) is 0 Å². The first kappa shape index (κ1) is 18.3. The minimum Gasteiger partial charge on any atom is -0.496 e. The molecule has 1 fully saturated rings. The molecule has 0 saturated carbocycles. The van der Waals surface area contributed by atoms with Crippen LogP contribution in [0.25, 0.3) is 0 Å². The van der Waals surface area contributed by atoms with Crippen LogP contribution in [0.15, 0.2) is 30.5 Å². The maximum atomic E-state index is 14.3. The number of likely N-dealkylation sites (tertiary alicyclic amines) is 1. The lowest BCUT2D eigenvalue weighted by atomic mass is 10.1. The van der Waals surface area contributed by atoms with Crippen molar-refractivity contribution in [3.63, 3.8) is 0 Å². The van der Waals surface area contributed by atoms with Gasteiger partial charge in [0.1, 0.15) is 17.4 Å². The number of nitrogens with zero attached hydrogens (tertiary/aromatic N) is 3. The van der Waals surface area contributed by atoms with E-state index in [-0.39, 0.29) is 17.8 Å². The molecule has 0 aliphatic carbocycles. The first-order valence-electron chi connectivity index (χ1n) is 8.70. The molecular weight excluding hydrogens is 335 g/mol. The van der Waals surface area contributed by atoms with Crippen molar-refractivity contribution < 1.29 is 13.9 Å². The van der Waals surface area contributed by atoms with Crippen molar-refractivity contribution in [1.29, 1.82) is 0 Å². The van der Waals surface area contributed by atoms with Crippen molar-refractivity contribution in [3.8, 4) is 5.75 Å². The van der Waals surface area contributed by atoms with E-state index in [1.165, 1.54) is 13.0 Å². The van der Waals surface area contributed by atoms with E-state index >= 15 is 0 Å². The summed E-state index contributed by atoms with van der Waals surface area (Å²) < 4.78 is 19.6. The fourth-order valence-electron chi connectivity index (χ4n) is 3.28. The minimum atomic E-state index is -0.268. The van der Waals surface area contributed by atoms with Gasteiger partial charge in [0.05, 0.1) is 25.4 Å². The molecule has 3 rings (SSSR count). The first-order valence-corrected chi connectivity index (χ1v) is 8.70. The Balaban J connectivity index is 1.79. The second kappa shape index (κ2) is 8.23. The summed E-state index contributed by atoms with van der Waals surface area (Å²) in [6.07, 6.45) is 3.63. The molecule has 0 unspecified atom stereocenters. The van der Waals surface area contributed by atoms with Gasteiger partial charge in [0, 0.05) is 25.2 Å². The number of rotatable bonds is 6. The fraction of sp³-hybridized carbons (Fsp3) is 0.421. The number of carbonyl (C=O) groups is 1. The number of ether oxygens (including phenoxy) is 1. The molecule has 0 radical (unpaired) electrons. The molecule has 1 saturated heterocycles. The summed E-state index contributed by atoms with van der Waals surface area (Å²) in [4.78, 5) is 22.3. The molecule has 138 valence electrons. The predicted octanol–water partition coefficient (Wildman–Crippen LogP) is 2.60. The molecule has 0 spiro atoms. The predicted molar refractivity (Wildman–Crippen MR) is 94.9 cm³/mol. The number of halogens is 1. The van der Waals surface area contributed by atoms with Crippen molar-refractivity contribution in [2.24, 2.45) is 0 Å². The first-order chi connectivity index (χ1) is 12.6. The fourth-order valence-corrected chi connectivity index (χ4v) is 3.28.